The summed E-state index contributed by atoms with van der Waals surface area (Å²) in [4.78, 5) is 9.48. The second-order valence-corrected chi connectivity index (χ2v) is 10.5. The Bertz CT molecular complexity index is 1210. The molecule has 5 rings (SSSR count). The van der Waals surface area contributed by atoms with Gasteiger partial charge in [0.1, 0.15) is 18.0 Å². The minimum Gasteiger partial charge on any atom is -0.394 e. The number of aliphatic hydroxyl groups is 1. The van der Waals surface area contributed by atoms with Crippen molar-refractivity contribution in [3.8, 4) is 0 Å². The van der Waals surface area contributed by atoms with E-state index < -0.39 is 5.79 Å². The van der Waals surface area contributed by atoms with Crippen molar-refractivity contribution in [1.82, 2.24) is 25.0 Å². The smallest absolute Gasteiger partial charge is 0.191 e. The van der Waals surface area contributed by atoms with Gasteiger partial charge in [0.2, 0.25) is 0 Å². The van der Waals surface area contributed by atoms with Crippen molar-refractivity contribution >= 4 is 28.7 Å². The molecule has 36 heavy (non-hydrogen) atoms. The van der Waals surface area contributed by atoms with Gasteiger partial charge in [-0.1, -0.05) is 36.0 Å². The molecule has 1 aliphatic heterocycles. The standard InChI is InChI=1S/C24H31FN6O4S/c1-4-10-36-23-27-21(26-13-14-6-5-7-15(25)11-14)18-22(28-23)31(30-29-18)16-12-17(33-9-8-32)20-19(16)34-24(2,3)35-20/h5-7,11,16-17,19-20,32H,4,8-10,12-13H2,1-3H3,(H,26,27,28)/t16-,17+,19?,20?/m0/s1. The minimum atomic E-state index is -0.764. The number of fused-ring (bicyclic) bond motifs is 2. The van der Waals surface area contributed by atoms with Gasteiger partial charge >= 0.3 is 0 Å². The Morgan fingerprint density at radius 2 is 2.11 bits per heavy atom. The molecular formula is C24H31FN6O4S. The molecule has 2 unspecified atom stereocenters. The van der Waals surface area contributed by atoms with Crippen LogP contribution < -0.4 is 5.32 Å². The van der Waals surface area contributed by atoms with Crippen LogP contribution >= 0.6 is 11.8 Å². The SMILES string of the molecule is CCCSc1nc(NCc2cccc(F)c2)c2nnn([C@H]3C[C@@H](OCCO)C4OC(C)(C)OC43)c2n1. The van der Waals surface area contributed by atoms with Crippen LogP contribution in [-0.4, -0.2) is 73.1 Å². The fourth-order valence-corrected chi connectivity index (χ4v) is 5.46. The Hall–Kier alpha value is -2.38. The van der Waals surface area contributed by atoms with Gasteiger partial charge in [-0.3, -0.25) is 0 Å². The van der Waals surface area contributed by atoms with Crippen molar-refractivity contribution in [2.75, 3.05) is 24.3 Å². The molecule has 2 aliphatic rings. The molecule has 0 spiro atoms. The van der Waals surface area contributed by atoms with Crippen molar-refractivity contribution in [1.29, 1.82) is 0 Å². The van der Waals surface area contributed by atoms with E-state index >= 15 is 0 Å². The van der Waals surface area contributed by atoms with E-state index in [1.165, 1.54) is 12.1 Å². The first-order valence-electron chi connectivity index (χ1n) is 12.2. The van der Waals surface area contributed by atoms with Gasteiger partial charge < -0.3 is 24.6 Å². The van der Waals surface area contributed by atoms with Gasteiger partial charge in [0.05, 0.1) is 25.4 Å². The number of hydrogen-bond donors (Lipinski definition) is 2. The van der Waals surface area contributed by atoms with Crippen molar-refractivity contribution in [3.05, 3.63) is 35.6 Å². The lowest BCUT2D eigenvalue weighted by Crippen LogP contribution is -2.31. The molecule has 12 heteroatoms. The van der Waals surface area contributed by atoms with Gasteiger partial charge in [-0.15, -0.1) is 5.10 Å². The Labute approximate surface area is 212 Å². The molecule has 10 nitrogen and oxygen atoms in total. The number of benzene rings is 1. The van der Waals surface area contributed by atoms with Crippen LogP contribution in [0.15, 0.2) is 29.4 Å². The molecule has 1 aliphatic carbocycles. The maximum absolute atomic E-state index is 13.7. The van der Waals surface area contributed by atoms with Gasteiger partial charge in [0, 0.05) is 18.7 Å². The summed E-state index contributed by atoms with van der Waals surface area (Å²) < 4.78 is 33.8. The van der Waals surface area contributed by atoms with Gasteiger partial charge in [0.15, 0.2) is 27.9 Å². The summed E-state index contributed by atoms with van der Waals surface area (Å²) in [7, 11) is 0. The number of halogens is 1. The molecule has 0 bridgehead atoms. The van der Waals surface area contributed by atoms with Crippen LogP contribution in [0.3, 0.4) is 0 Å². The highest BCUT2D eigenvalue weighted by Crippen LogP contribution is 2.45. The van der Waals surface area contributed by atoms with Crippen molar-refractivity contribution < 1.29 is 23.7 Å². The molecule has 2 N–H and O–H groups in total. The number of hydrogen-bond acceptors (Lipinski definition) is 10. The lowest BCUT2D eigenvalue weighted by molar-refractivity contribution is -0.171. The molecule has 3 aromatic rings. The maximum Gasteiger partial charge on any atom is 0.191 e. The van der Waals surface area contributed by atoms with E-state index in [-0.39, 0.29) is 43.4 Å². The van der Waals surface area contributed by atoms with Crippen LogP contribution in [0.5, 0.6) is 0 Å². The topological polar surface area (TPSA) is 116 Å². The van der Waals surface area contributed by atoms with Crippen LogP contribution in [0.25, 0.3) is 11.2 Å². The van der Waals surface area contributed by atoms with E-state index in [1.54, 1.807) is 22.5 Å². The number of aromatic nitrogens is 5. The number of aliphatic hydroxyl groups excluding tert-OH is 1. The van der Waals surface area contributed by atoms with E-state index in [0.717, 1.165) is 17.7 Å². The molecule has 0 radical (unpaired) electrons. The van der Waals surface area contributed by atoms with Crippen LogP contribution in [0.2, 0.25) is 0 Å². The fourth-order valence-electron chi connectivity index (χ4n) is 4.76. The molecule has 4 atom stereocenters. The quantitative estimate of drug-likeness (QED) is 0.306. The fraction of sp³-hybridized carbons (Fsp3) is 0.583. The maximum atomic E-state index is 13.7. The summed E-state index contributed by atoms with van der Waals surface area (Å²) in [5, 5.41) is 22.1. The lowest BCUT2D eigenvalue weighted by Gasteiger charge is -2.23. The highest BCUT2D eigenvalue weighted by molar-refractivity contribution is 7.99. The van der Waals surface area contributed by atoms with Crippen LogP contribution in [0, 0.1) is 5.82 Å². The molecule has 1 aromatic carbocycles. The van der Waals surface area contributed by atoms with Crippen LogP contribution in [-0.2, 0) is 20.8 Å². The molecule has 1 saturated heterocycles. The Morgan fingerprint density at radius 3 is 2.89 bits per heavy atom. The summed E-state index contributed by atoms with van der Waals surface area (Å²) in [6, 6.07) is 6.21. The zero-order chi connectivity index (χ0) is 25.3. The largest absolute Gasteiger partial charge is 0.394 e. The van der Waals surface area contributed by atoms with E-state index in [4.69, 9.17) is 19.2 Å². The van der Waals surface area contributed by atoms with Crippen molar-refractivity contribution in [3.63, 3.8) is 0 Å². The average molecular weight is 519 g/mol. The van der Waals surface area contributed by atoms with Crippen LogP contribution in [0.4, 0.5) is 10.2 Å². The third kappa shape index (κ3) is 5.18. The van der Waals surface area contributed by atoms with Gasteiger partial charge in [0.25, 0.3) is 0 Å². The second kappa shape index (κ2) is 10.5. The highest BCUT2D eigenvalue weighted by atomic mass is 32.2. The molecule has 0 amide bonds. The van der Waals surface area contributed by atoms with E-state index in [0.29, 0.717) is 35.1 Å². The van der Waals surface area contributed by atoms with E-state index in [1.807, 2.05) is 19.9 Å². The molecule has 194 valence electrons. The summed E-state index contributed by atoms with van der Waals surface area (Å²) in [6.07, 6.45) is 0.703. The second-order valence-electron chi connectivity index (χ2n) is 9.39. The normalized spacial score (nSPS) is 24.9. The number of ether oxygens (including phenoxy) is 3. The van der Waals surface area contributed by atoms with Crippen LogP contribution in [0.1, 0.15) is 45.2 Å². The number of nitrogens with one attached hydrogen (secondary N) is 1. The third-order valence-electron chi connectivity index (χ3n) is 6.21. The zero-order valence-corrected chi connectivity index (χ0v) is 21.4. The minimum absolute atomic E-state index is 0.0688. The summed E-state index contributed by atoms with van der Waals surface area (Å²) in [6.45, 7) is 6.38. The first-order valence-corrected chi connectivity index (χ1v) is 13.2. The van der Waals surface area contributed by atoms with Crippen molar-refractivity contribution in [2.24, 2.45) is 0 Å². The molecule has 2 aromatic heterocycles. The average Bonchev–Trinajstić information content (AvgIpc) is 3.50. The van der Waals surface area contributed by atoms with Gasteiger partial charge in [-0.25, -0.2) is 19.0 Å². The lowest BCUT2D eigenvalue weighted by atomic mass is 10.2. The number of anilines is 1. The summed E-state index contributed by atoms with van der Waals surface area (Å²) in [5.74, 6) is 0.357. The number of nitrogens with zero attached hydrogens (tertiary/aromatic N) is 5. The first-order chi connectivity index (χ1) is 17.4. The highest BCUT2D eigenvalue weighted by Gasteiger charge is 2.56. The Balaban J connectivity index is 1.49. The summed E-state index contributed by atoms with van der Waals surface area (Å²) in [5.41, 5.74) is 1.91. The first kappa shape index (κ1) is 25.3. The van der Waals surface area contributed by atoms with Crippen molar-refractivity contribution in [2.45, 2.75) is 75.5 Å². The van der Waals surface area contributed by atoms with Gasteiger partial charge in [-0.05, 0) is 38.0 Å². The predicted molar refractivity (Wildman–Crippen MR) is 132 cm³/mol. The zero-order valence-electron chi connectivity index (χ0n) is 20.6. The summed E-state index contributed by atoms with van der Waals surface area (Å²) >= 11 is 1.56. The predicted octanol–water partition coefficient (Wildman–Crippen LogP) is 3.32. The molecular weight excluding hydrogens is 487 g/mol. The number of thioether (sulfide) groups is 1. The monoisotopic (exact) mass is 518 g/mol. The molecule has 2 fully saturated rings. The van der Waals surface area contributed by atoms with Gasteiger partial charge in [-0.2, -0.15) is 0 Å². The Morgan fingerprint density at radius 1 is 1.28 bits per heavy atom. The molecule has 1 saturated carbocycles. The number of rotatable bonds is 10. The van der Waals surface area contributed by atoms with E-state index in [9.17, 15) is 9.50 Å². The third-order valence-corrected chi connectivity index (χ3v) is 7.26. The van der Waals surface area contributed by atoms with E-state index in [2.05, 4.69) is 27.5 Å². The Kier molecular flexibility index (Phi) is 7.40. The molecule has 3 heterocycles.